The summed E-state index contributed by atoms with van der Waals surface area (Å²) in [5, 5.41) is 0. The molecule has 0 aliphatic carbocycles. The minimum Gasteiger partial charge on any atom is -0.268 e. The lowest BCUT2D eigenvalue weighted by Crippen LogP contribution is -2.35. The summed E-state index contributed by atoms with van der Waals surface area (Å²) in [6, 6.07) is 0. The zero-order valence-corrected chi connectivity index (χ0v) is 18.1. The lowest BCUT2D eigenvalue weighted by Gasteiger charge is -2.21. The number of amides is 4. The average Bonchev–Trinajstić information content (AvgIpc) is 3.32. The van der Waals surface area contributed by atoms with Crippen LogP contribution in [0.15, 0.2) is 0 Å². The first-order valence-corrected chi connectivity index (χ1v) is 9.93. The predicted octanol–water partition coefficient (Wildman–Crippen LogP) is 4.96. The Morgan fingerprint density at radius 1 is 0.275 bits per heavy atom. The molecule has 0 N–H and O–H groups in total. The van der Waals surface area contributed by atoms with Gasteiger partial charge in [0.15, 0.2) is 69.8 Å². The molecule has 3 aromatic rings. The number of halogens is 12. The first kappa shape index (κ1) is 26.7. The standard InChI is InChI=1S/C22F12N2O4/c23-5-1-2(6(24)10(28)9(5)27)20(38)35(19(1)37)17-13(31)15(33)18(16(34)14(17)32)36-21(39)3-4(22(36)40)8(26)12(30)11(29)7(3)25. The SMILES string of the molecule is O=C1c2c(F)c(F)c(F)c(F)c2C(=O)N1c1c(F)c(F)c(N2C(=O)c3c(F)c(F)c(F)c(F)c3C2=O)c(F)c1F. The Hall–Kier alpha value is -4.90. The molecule has 0 fully saturated rings. The lowest BCUT2D eigenvalue weighted by molar-refractivity contribution is 0.0902. The third-order valence-electron chi connectivity index (χ3n) is 5.87. The summed E-state index contributed by atoms with van der Waals surface area (Å²) in [7, 11) is 0. The minimum atomic E-state index is -2.86. The maximum atomic E-state index is 15.0. The molecule has 206 valence electrons. The van der Waals surface area contributed by atoms with Gasteiger partial charge in [0.1, 0.15) is 11.4 Å². The van der Waals surface area contributed by atoms with Gasteiger partial charge in [0.05, 0.1) is 22.3 Å². The Morgan fingerprint density at radius 3 is 0.625 bits per heavy atom. The van der Waals surface area contributed by atoms with Crippen LogP contribution in [-0.4, -0.2) is 23.6 Å². The van der Waals surface area contributed by atoms with Gasteiger partial charge in [0.25, 0.3) is 23.6 Å². The van der Waals surface area contributed by atoms with Crippen LogP contribution in [0.1, 0.15) is 41.4 Å². The summed E-state index contributed by atoms with van der Waals surface area (Å²) >= 11 is 0. The van der Waals surface area contributed by atoms with Crippen molar-refractivity contribution >= 4 is 35.0 Å². The van der Waals surface area contributed by atoms with Crippen molar-refractivity contribution in [3.8, 4) is 0 Å². The molecule has 0 radical (unpaired) electrons. The Balaban J connectivity index is 1.72. The van der Waals surface area contributed by atoms with Gasteiger partial charge in [-0.25, -0.2) is 62.5 Å². The highest BCUT2D eigenvalue weighted by Crippen LogP contribution is 2.43. The van der Waals surface area contributed by atoms with Gasteiger partial charge >= 0.3 is 0 Å². The summed E-state index contributed by atoms with van der Waals surface area (Å²) < 4.78 is 171. The highest BCUT2D eigenvalue weighted by Gasteiger charge is 2.51. The van der Waals surface area contributed by atoms with E-state index < -0.39 is 137 Å². The van der Waals surface area contributed by atoms with Crippen LogP contribution in [0.5, 0.6) is 0 Å². The number of carbonyl (C=O) groups is 4. The van der Waals surface area contributed by atoms with Gasteiger partial charge in [0, 0.05) is 0 Å². The monoisotopic (exact) mass is 584 g/mol. The van der Waals surface area contributed by atoms with Crippen LogP contribution in [0.4, 0.5) is 64.1 Å². The molecule has 0 bridgehead atoms. The number of imide groups is 2. The summed E-state index contributed by atoms with van der Waals surface area (Å²) in [6.45, 7) is 0. The van der Waals surface area contributed by atoms with Gasteiger partial charge in [-0.1, -0.05) is 0 Å². The Kier molecular flexibility index (Phi) is 5.54. The van der Waals surface area contributed by atoms with Crippen molar-refractivity contribution in [3.63, 3.8) is 0 Å². The van der Waals surface area contributed by atoms with Crippen molar-refractivity contribution in [2.75, 3.05) is 9.80 Å². The van der Waals surface area contributed by atoms with Crippen LogP contribution >= 0.6 is 0 Å². The van der Waals surface area contributed by atoms with Crippen LogP contribution in [0.3, 0.4) is 0 Å². The van der Waals surface area contributed by atoms with Gasteiger partial charge < -0.3 is 0 Å². The van der Waals surface area contributed by atoms with Crippen LogP contribution in [0.25, 0.3) is 0 Å². The molecule has 5 rings (SSSR count). The fraction of sp³-hybridized carbons (Fsp3) is 0. The molecule has 4 amide bonds. The zero-order chi connectivity index (χ0) is 29.9. The van der Waals surface area contributed by atoms with E-state index in [4.69, 9.17) is 0 Å². The van der Waals surface area contributed by atoms with E-state index in [-0.39, 0.29) is 0 Å². The Morgan fingerprint density at radius 2 is 0.450 bits per heavy atom. The number of nitrogens with zero attached hydrogens (tertiary/aromatic N) is 2. The van der Waals surface area contributed by atoms with Crippen molar-refractivity contribution in [1.29, 1.82) is 0 Å². The molecule has 0 saturated carbocycles. The van der Waals surface area contributed by atoms with Gasteiger partial charge in [0.2, 0.25) is 0 Å². The number of anilines is 2. The van der Waals surface area contributed by atoms with E-state index in [1.165, 1.54) is 0 Å². The maximum Gasteiger partial charge on any atom is 0.269 e. The molecule has 0 unspecified atom stereocenters. The van der Waals surface area contributed by atoms with Gasteiger partial charge in [-0.05, 0) is 0 Å². The van der Waals surface area contributed by atoms with Gasteiger partial charge in [-0.2, -0.15) is 0 Å². The summed E-state index contributed by atoms with van der Waals surface area (Å²) in [6.07, 6.45) is 0. The molecule has 0 aromatic heterocycles. The molecular weight excluding hydrogens is 584 g/mol. The van der Waals surface area contributed by atoms with Crippen LogP contribution in [-0.2, 0) is 0 Å². The third kappa shape index (κ3) is 2.97. The van der Waals surface area contributed by atoms with Crippen LogP contribution < -0.4 is 9.80 Å². The Bertz CT molecular complexity index is 1570. The van der Waals surface area contributed by atoms with Crippen LogP contribution in [0.2, 0.25) is 0 Å². The maximum absolute atomic E-state index is 15.0. The second-order valence-electron chi connectivity index (χ2n) is 7.86. The van der Waals surface area contributed by atoms with Crippen molar-refractivity contribution in [2.24, 2.45) is 0 Å². The lowest BCUT2D eigenvalue weighted by atomic mass is 10.1. The molecule has 6 nitrogen and oxygen atoms in total. The summed E-state index contributed by atoms with van der Waals surface area (Å²) in [4.78, 5) is 47.9. The summed E-state index contributed by atoms with van der Waals surface area (Å²) in [5.74, 6) is -41.5. The highest BCUT2D eigenvalue weighted by molar-refractivity contribution is 6.36. The molecule has 0 atom stereocenters. The quantitative estimate of drug-likeness (QED) is 0.185. The smallest absolute Gasteiger partial charge is 0.268 e. The molecule has 2 aliphatic rings. The zero-order valence-electron chi connectivity index (χ0n) is 18.1. The molecule has 2 aliphatic heterocycles. The van der Waals surface area contributed by atoms with E-state index in [1.807, 2.05) is 0 Å². The van der Waals surface area contributed by atoms with E-state index in [0.717, 1.165) is 0 Å². The van der Waals surface area contributed by atoms with Crippen LogP contribution in [0, 0.1) is 69.8 Å². The number of rotatable bonds is 2. The number of benzene rings is 3. The minimum absolute atomic E-state index is 0.969. The normalized spacial score (nSPS) is 14.6. The largest absolute Gasteiger partial charge is 0.269 e. The van der Waals surface area contributed by atoms with E-state index in [1.54, 1.807) is 0 Å². The van der Waals surface area contributed by atoms with Crippen molar-refractivity contribution in [2.45, 2.75) is 0 Å². The average molecular weight is 584 g/mol. The number of hydrogen-bond acceptors (Lipinski definition) is 4. The first-order valence-electron chi connectivity index (χ1n) is 9.93. The van der Waals surface area contributed by atoms with Crippen molar-refractivity contribution in [3.05, 3.63) is 92.1 Å². The van der Waals surface area contributed by atoms with Crippen molar-refractivity contribution < 1.29 is 71.9 Å². The molecular formula is C22F12N2O4. The number of hydrogen-bond donors (Lipinski definition) is 0. The molecule has 0 spiro atoms. The fourth-order valence-corrected chi connectivity index (χ4v) is 4.11. The van der Waals surface area contributed by atoms with E-state index >= 15 is 17.6 Å². The summed E-state index contributed by atoms with van der Waals surface area (Å²) in [5.41, 5.74) is -12.5. The van der Waals surface area contributed by atoms with E-state index in [2.05, 4.69) is 0 Å². The van der Waals surface area contributed by atoms with Crippen molar-refractivity contribution in [1.82, 2.24) is 0 Å². The third-order valence-corrected chi connectivity index (χ3v) is 5.87. The molecule has 2 heterocycles. The molecule has 0 saturated heterocycles. The molecule has 3 aromatic carbocycles. The highest BCUT2D eigenvalue weighted by atomic mass is 19.2. The molecule has 40 heavy (non-hydrogen) atoms. The topological polar surface area (TPSA) is 74.8 Å². The van der Waals surface area contributed by atoms with E-state index in [9.17, 15) is 54.3 Å². The number of fused-ring (bicyclic) bond motifs is 2. The predicted molar refractivity (Wildman–Crippen MR) is 101 cm³/mol. The second-order valence-corrected chi connectivity index (χ2v) is 7.86. The fourth-order valence-electron chi connectivity index (χ4n) is 4.11. The van der Waals surface area contributed by atoms with Gasteiger partial charge in [-0.3, -0.25) is 19.2 Å². The van der Waals surface area contributed by atoms with Gasteiger partial charge in [-0.15, -0.1) is 0 Å². The van der Waals surface area contributed by atoms with E-state index in [0.29, 0.717) is 0 Å². The molecule has 18 heteroatoms. The Labute approximate surface area is 209 Å². The number of carbonyl (C=O) groups excluding carboxylic acids is 4. The first-order chi connectivity index (χ1) is 18.6. The second kappa shape index (κ2) is 8.30.